The van der Waals surface area contributed by atoms with Gasteiger partial charge in [0, 0.05) is 33.0 Å². The van der Waals surface area contributed by atoms with Gasteiger partial charge >= 0.3 is 0 Å². The van der Waals surface area contributed by atoms with E-state index in [2.05, 4.69) is 41.5 Å². The van der Waals surface area contributed by atoms with Crippen LogP contribution >= 0.6 is 0 Å². The van der Waals surface area contributed by atoms with Gasteiger partial charge in [-0.2, -0.15) is 0 Å². The molecule has 0 aromatic carbocycles. The first-order valence-electron chi connectivity index (χ1n) is 8.58. The van der Waals surface area contributed by atoms with Gasteiger partial charge in [0.2, 0.25) is 0 Å². The second-order valence-electron chi connectivity index (χ2n) is 7.82. The summed E-state index contributed by atoms with van der Waals surface area (Å²) in [5, 5.41) is 0. The van der Waals surface area contributed by atoms with Crippen LogP contribution in [0.2, 0.25) is 0 Å². The highest BCUT2D eigenvalue weighted by molar-refractivity contribution is 4.60. The highest BCUT2D eigenvalue weighted by Gasteiger charge is 2.09. The van der Waals surface area contributed by atoms with Crippen LogP contribution in [-0.2, 0) is 18.9 Å². The van der Waals surface area contributed by atoms with Gasteiger partial charge in [-0.15, -0.1) is 0 Å². The molecule has 4 nitrogen and oxygen atoms in total. The van der Waals surface area contributed by atoms with E-state index in [0.29, 0.717) is 18.6 Å². The van der Waals surface area contributed by atoms with Gasteiger partial charge in [-0.05, 0) is 45.4 Å². The number of rotatable bonds is 13. The van der Waals surface area contributed by atoms with E-state index in [9.17, 15) is 0 Å². The Kier molecular flexibility index (Phi) is 12.2. The second-order valence-corrected chi connectivity index (χ2v) is 7.82. The van der Waals surface area contributed by atoms with Crippen LogP contribution in [0.3, 0.4) is 0 Å². The maximum absolute atomic E-state index is 5.62. The van der Waals surface area contributed by atoms with E-state index < -0.39 is 0 Å². The molecule has 0 aliphatic rings. The normalized spacial score (nSPS) is 12.8. The average Bonchev–Trinajstić information content (AvgIpc) is 2.36. The van der Waals surface area contributed by atoms with E-state index in [1.165, 1.54) is 0 Å². The Labute approximate surface area is 137 Å². The van der Waals surface area contributed by atoms with Crippen molar-refractivity contribution in [1.82, 2.24) is 0 Å². The Morgan fingerprint density at radius 2 is 1.00 bits per heavy atom. The molecule has 0 saturated carbocycles. The van der Waals surface area contributed by atoms with E-state index in [-0.39, 0.29) is 5.60 Å². The fourth-order valence-corrected chi connectivity index (χ4v) is 1.60. The highest BCUT2D eigenvalue weighted by Crippen LogP contribution is 2.17. The van der Waals surface area contributed by atoms with Crippen molar-refractivity contribution in [3.63, 3.8) is 0 Å². The second kappa shape index (κ2) is 12.3. The van der Waals surface area contributed by atoms with Gasteiger partial charge < -0.3 is 18.9 Å². The van der Waals surface area contributed by atoms with Gasteiger partial charge in [-0.25, -0.2) is 0 Å². The van der Waals surface area contributed by atoms with Gasteiger partial charge in [-0.3, -0.25) is 0 Å². The highest BCUT2D eigenvalue weighted by atomic mass is 16.5. The smallest absolute Gasteiger partial charge is 0.0700 e. The summed E-state index contributed by atoms with van der Waals surface area (Å²) in [4.78, 5) is 0. The molecule has 0 aliphatic carbocycles. The number of ether oxygens (including phenoxy) is 4. The Balaban J connectivity index is 3.09. The Morgan fingerprint density at radius 1 is 0.545 bits per heavy atom. The largest absolute Gasteiger partial charge is 0.381 e. The van der Waals surface area contributed by atoms with Crippen molar-refractivity contribution < 1.29 is 18.9 Å². The fourth-order valence-electron chi connectivity index (χ4n) is 1.60. The minimum Gasteiger partial charge on any atom is -0.381 e. The molecule has 0 aliphatic heterocycles. The summed E-state index contributed by atoms with van der Waals surface area (Å²) in [6.07, 6.45) is 2.96. The molecule has 0 aromatic heterocycles. The van der Waals surface area contributed by atoms with E-state index in [4.69, 9.17) is 18.9 Å². The van der Waals surface area contributed by atoms with Gasteiger partial charge in [0.15, 0.2) is 0 Å². The van der Waals surface area contributed by atoms with Crippen molar-refractivity contribution in [2.75, 3.05) is 46.2 Å². The standard InChI is InChI=1S/C18H38O4/c1-17(2,3)9-14-21-16-15-20-11-7-10-19-12-8-13-22-18(4,5)6/h7-16H2,1-6H3. The summed E-state index contributed by atoms with van der Waals surface area (Å²) >= 11 is 0. The maximum atomic E-state index is 5.62. The van der Waals surface area contributed by atoms with Crippen LogP contribution in [0.25, 0.3) is 0 Å². The molecule has 0 saturated heterocycles. The summed E-state index contributed by atoms with van der Waals surface area (Å²) in [5.74, 6) is 0. The first-order chi connectivity index (χ1) is 10.2. The zero-order valence-electron chi connectivity index (χ0n) is 15.7. The first-order valence-corrected chi connectivity index (χ1v) is 8.58. The lowest BCUT2D eigenvalue weighted by molar-refractivity contribution is -0.0156. The quantitative estimate of drug-likeness (QED) is 0.480. The molecule has 0 heterocycles. The molecule has 0 N–H and O–H groups in total. The molecule has 22 heavy (non-hydrogen) atoms. The third-order valence-electron chi connectivity index (χ3n) is 2.91. The van der Waals surface area contributed by atoms with Crippen LogP contribution in [0, 0.1) is 5.41 Å². The fraction of sp³-hybridized carbons (Fsp3) is 1.00. The monoisotopic (exact) mass is 318 g/mol. The minimum atomic E-state index is -0.0528. The summed E-state index contributed by atoms with van der Waals surface area (Å²) in [5.41, 5.74) is 0.291. The molecule has 0 radical (unpaired) electrons. The number of hydrogen-bond donors (Lipinski definition) is 0. The molecule has 134 valence electrons. The minimum absolute atomic E-state index is 0.0528. The van der Waals surface area contributed by atoms with Crippen LogP contribution in [-0.4, -0.2) is 51.8 Å². The van der Waals surface area contributed by atoms with Crippen molar-refractivity contribution in [3.05, 3.63) is 0 Å². The molecular weight excluding hydrogens is 280 g/mol. The molecule has 0 unspecified atom stereocenters. The lowest BCUT2D eigenvalue weighted by Crippen LogP contribution is -2.20. The third-order valence-corrected chi connectivity index (χ3v) is 2.91. The predicted octanol–water partition coefficient (Wildman–Crippen LogP) is 4.07. The van der Waals surface area contributed by atoms with E-state index in [1.54, 1.807) is 0 Å². The molecule has 0 fully saturated rings. The number of hydrogen-bond acceptors (Lipinski definition) is 4. The lowest BCUT2D eigenvalue weighted by Gasteiger charge is -2.19. The Hall–Kier alpha value is -0.160. The molecule has 4 heteroatoms. The lowest BCUT2D eigenvalue weighted by atomic mass is 9.93. The van der Waals surface area contributed by atoms with Crippen molar-refractivity contribution in [1.29, 1.82) is 0 Å². The molecule has 0 spiro atoms. The Morgan fingerprint density at radius 3 is 1.50 bits per heavy atom. The topological polar surface area (TPSA) is 36.9 Å². The molecule has 0 atom stereocenters. The summed E-state index contributed by atoms with van der Waals surface area (Å²) in [7, 11) is 0. The van der Waals surface area contributed by atoms with Gasteiger partial charge in [0.25, 0.3) is 0 Å². The van der Waals surface area contributed by atoms with Crippen LogP contribution in [0.15, 0.2) is 0 Å². The van der Waals surface area contributed by atoms with Crippen LogP contribution < -0.4 is 0 Å². The van der Waals surface area contributed by atoms with Crippen molar-refractivity contribution in [2.45, 2.75) is 66.4 Å². The van der Waals surface area contributed by atoms with Gasteiger partial charge in [-0.1, -0.05) is 20.8 Å². The summed E-state index contributed by atoms with van der Waals surface area (Å²) in [6, 6.07) is 0. The predicted molar refractivity (Wildman–Crippen MR) is 91.5 cm³/mol. The summed E-state index contributed by atoms with van der Waals surface area (Å²) < 4.78 is 22.2. The first kappa shape index (κ1) is 21.8. The van der Waals surface area contributed by atoms with Crippen LogP contribution in [0.4, 0.5) is 0 Å². The molecule has 0 bridgehead atoms. The van der Waals surface area contributed by atoms with Crippen molar-refractivity contribution in [2.24, 2.45) is 5.41 Å². The average molecular weight is 318 g/mol. The van der Waals surface area contributed by atoms with Crippen LogP contribution in [0.5, 0.6) is 0 Å². The zero-order valence-corrected chi connectivity index (χ0v) is 15.7. The molecular formula is C18H38O4. The molecule has 0 amide bonds. The van der Waals surface area contributed by atoms with Gasteiger partial charge in [0.05, 0.1) is 18.8 Å². The molecule has 0 aromatic rings. The SMILES string of the molecule is CC(C)(C)CCOCCOCCCOCCCOC(C)(C)C. The Bertz CT molecular complexity index is 214. The third kappa shape index (κ3) is 19.8. The van der Waals surface area contributed by atoms with Crippen LogP contribution in [0.1, 0.15) is 60.8 Å². The maximum Gasteiger partial charge on any atom is 0.0700 e. The van der Waals surface area contributed by atoms with Crippen molar-refractivity contribution in [3.8, 4) is 0 Å². The van der Waals surface area contributed by atoms with Gasteiger partial charge in [0.1, 0.15) is 0 Å². The van der Waals surface area contributed by atoms with Crippen molar-refractivity contribution >= 4 is 0 Å². The van der Waals surface area contributed by atoms with E-state index >= 15 is 0 Å². The summed E-state index contributed by atoms with van der Waals surface area (Å²) in [6.45, 7) is 18.0. The van der Waals surface area contributed by atoms with E-state index in [0.717, 1.165) is 52.3 Å². The zero-order chi connectivity index (χ0) is 16.9. The molecule has 0 rings (SSSR count). The van der Waals surface area contributed by atoms with E-state index in [1.807, 2.05) is 0 Å².